The molecule has 0 aliphatic carbocycles. The van der Waals surface area contributed by atoms with Crippen LogP contribution in [0.15, 0.2) is 4.52 Å². The van der Waals surface area contributed by atoms with E-state index in [1.54, 1.807) is 13.8 Å². The molecule has 102 valence electrons. The molecule has 1 heterocycles. The maximum Gasteiger partial charge on any atom is 0.310 e. The van der Waals surface area contributed by atoms with Crippen LogP contribution in [0.25, 0.3) is 0 Å². The zero-order valence-electron chi connectivity index (χ0n) is 11.9. The fourth-order valence-electron chi connectivity index (χ4n) is 1.55. The first kappa shape index (κ1) is 14.7. The summed E-state index contributed by atoms with van der Waals surface area (Å²) in [4.78, 5) is 11.3. The molecule has 1 aromatic rings. The minimum absolute atomic E-state index is 0.547. The molecule has 0 radical (unpaired) electrons. The average Bonchev–Trinajstić information content (AvgIpc) is 2.55. The Bertz CT molecular complexity index is 428. The minimum atomic E-state index is -0.869. The average molecular weight is 254 g/mol. The quantitative estimate of drug-likeness (QED) is 0.843. The molecular weight excluding hydrogens is 232 g/mol. The second-order valence-corrected chi connectivity index (χ2v) is 5.71. The second-order valence-electron chi connectivity index (χ2n) is 5.71. The van der Waals surface area contributed by atoms with E-state index >= 15 is 0 Å². The molecule has 0 aliphatic rings. The van der Waals surface area contributed by atoms with Crippen molar-refractivity contribution in [1.82, 2.24) is 10.5 Å². The topological polar surface area (TPSA) is 75.4 Å². The number of aromatic nitrogens is 1. The lowest BCUT2D eigenvalue weighted by molar-refractivity contribution is -0.151. The van der Waals surface area contributed by atoms with Crippen LogP contribution in [0.2, 0.25) is 0 Å². The van der Waals surface area contributed by atoms with Crippen LogP contribution in [0.4, 0.5) is 0 Å². The number of hydrogen-bond donors (Lipinski definition) is 2. The number of hydrogen-bond acceptors (Lipinski definition) is 4. The normalized spacial score (nSPS) is 12.8. The Morgan fingerprint density at radius 2 is 1.89 bits per heavy atom. The summed E-state index contributed by atoms with van der Waals surface area (Å²) >= 11 is 0. The number of carboxylic acid groups (broad SMARTS) is 1. The number of carboxylic acids is 1. The van der Waals surface area contributed by atoms with Crippen molar-refractivity contribution < 1.29 is 14.4 Å². The van der Waals surface area contributed by atoms with E-state index in [1.165, 1.54) is 0 Å². The molecule has 0 fully saturated rings. The summed E-state index contributed by atoms with van der Waals surface area (Å²) in [6.45, 7) is 11.5. The van der Waals surface area contributed by atoms with Gasteiger partial charge in [0, 0.05) is 17.6 Å². The third-order valence-electron chi connectivity index (χ3n) is 3.99. The summed E-state index contributed by atoms with van der Waals surface area (Å²) in [5, 5.41) is 16.4. The summed E-state index contributed by atoms with van der Waals surface area (Å²) < 4.78 is 5.09. The molecule has 5 nitrogen and oxygen atoms in total. The number of rotatable bonds is 5. The van der Waals surface area contributed by atoms with Crippen LogP contribution in [0.1, 0.15) is 44.7 Å². The van der Waals surface area contributed by atoms with E-state index in [4.69, 9.17) is 4.52 Å². The molecule has 0 saturated heterocycles. The van der Waals surface area contributed by atoms with Crippen LogP contribution in [0.5, 0.6) is 0 Å². The first-order valence-corrected chi connectivity index (χ1v) is 6.00. The Morgan fingerprint density at radius 1 is 1.33 bits per heavy atom. The van der Waals surface area contributed by atoms with Crippen molar-refractivity contribution in [3.8, 4) is 0 Å². The number of nitrogens with one attached hydrogen (secondary N) is 1. The van der Waals surface area contributed by atoms with E-state index in [-0.39, 0.29) is 0 Å². The number of aliphatic carboxylic acids is 1. The third kappa shape index (κ3) is 2.56. The van der Waals surface area contributed by atoms with E-state index in [1.807, 2.05) is 27.7 Å². The van der Waals surface area contributed by atoms with Gasteiger partial charge in [-0.25, -0.2) is 0 Å². The largest absolute Gasteiger partial charge is 0.481 e. The Labute approximate surface area is 108 Å². The van der Waals surface area contributed by atoms with Gasteiger partial charge in [-0.05, 0) is 41.5 Å². The first-order chi connectivity index (χ1) is 8.09. The van der Waals surface area contributed by atoms with Crippen molar-refractivity contribution >= 4 is 5.97 Å². The van der Waals surface area contributed by atoms with Gasteiger partial charge in [0.2, 0.25) is 0 Å². The smallest absolute Gasteiger partial charge is 0.310 e. The van der Waals surface area contributed by atoms with Gasteiger partial charge >= 0.3 is 5.97 Å². The molecule has 0 spiro atoms. The lowest BCUT2D eigenvalue weighted by atomic mass is 9.74. The van der Waals surface area contributed by atoms with Gasteiger partial charge in [-0.15, -0.1) is 0 Å². The molecule has 0 atom stereocenters. The molecular formula is C13H22N2O3. The predicted molar refractivity (Wildman–Crippen MR) is 68.3 cm³/mol. The van der Waals surface area contributed by atoms with Crippen LogP contribution < -0.4 is 5.32 Å². The zero-order chi connectivity index (χ0) is 14.1. The highest BCUT2D eigenvalue weighted by atomic mass is 16.5. The van der Waals surface area contributed by atoms with Crippen molar-refractivity contribution in [2.75, 3.05) is 0 Å². The van der Waals surface area contributed by atoms with Crippen LogP contribution in [-0.2, 0) is 11.3 Å². The maximum atomic E-state index is 11.3. The third-order valence-corrected chi connectivity index (χ3v) is 3.99. The van der Waals surface area contributed by atoms with E-state index in [2.05, 4.69) is 10.5 Å². The molecule has 1 aromatic heterocycles. The highest BCUT2D eigenvalue weighted by molar-refractivity contribution is 5.75. The van der Waals surface area contributed by atoms with Crippen LogP contribution in [-0.4, -0.2) is 21.8 Å². The fraction of sp³-hybridized carbons (Fsp3) is 0.692. The summed E-state index contributed by atoms with van der Waals surface area (Å²) in [5.74, 6) is -0.0531. The second kappa shape index (κ2) is 4.72. The van der Waals surface area contributed by atoms with Gasteiger partial charge < -0.3 is 14.9 Å². The highest BCUT2D eigenvalue weighted by Crippen LogP contribution is 2.31. The van der Waals surface area contributed by atoms with Crippen molar-refractivity contribution in [3.05, 3.63) is 17.0 Å². The number of carbonyl (C=O) groups is 1. The van der Waals surface area contributed by atoms with Crippen molar-refractivity contribution in [2.24, 2.45) is 5.41 Å². The van der Waals surface area contributed by atoms with E-state index in [0.717, 1.165) is 17.0 Å². The highest BCUT2D eigenvalue weighted by Gasteiger charge is 2.43. The molecule has 1 rings (SSSR count). The molecule has 0 saturated carbocycles. The van der Waals surface area contributed by atoms with Crippen molar-refractivity contribution in [1.29, 1.82) is 0 Å². The summed E-state index contributed by atoms with van der Waals surface area (Å²) in [5.41, 5.74) is 0.411. The van der Waals surface area contributed by atoms with Gasteiger partial charge in [-0.2, -0.15) is 0 Å². The summed E-state index contributed by atoms with van der Waals surface area (Å²) in [7, 11) is 0. The molecule has 0 unspecified atom stereocenters. The Kier molecular flexibility index (Phi) is 3.86. The predicted octanol–water partition coefficient (Wildman–Crippen LogP) is 2.27. The standard InChI is InChI=1S/C13H22N2O3/c1-8-10(9(2)18-15-8)7-14-13(5,6)12(3,4)11(16)17/h14H,7H2,1-6H3,(H,16,17). The van der Waals surface area contributed by atoms with Gasteiger partial charge in [-0.3, -0.25) is 4.79 Å². The van der Waals surface area contributed by atoms with Crippen LogP contribution in [0, 0.1) is 19.3 Å². The lowest BCUT2D eigenvalue weighted by Gasteiger charge is -2.39. The maximum absolute atomic E-state index is 11.3. The Morgan fingerprint density at radius 3 is 2.28 bits per heavy atom. The molecule has 5 heteroatoms. The van der Waals surface area contributed by atoms with Crippen molar-refractivity contribution in [3.63, 3.8) is 0 Å². The fourth-order valence-corrected chi connectivity index (χ4v) is 1.55. The monoisotopic (exact) mass is 254 g/mol. The zero-order valence-corrected chi connectivity index (χ0v) is 11.9. The molecule has 0 bridgehead atoms. The Hall–Kier alpha value is -1.36. The van der Waals surface area contributed by atoms with Gasteiger partial charge in [0.15, 0.2) is 0 Å². The van der Waals surface area contributed by atoms with E-state index in [9.17, 15) is 9.90 Å². The van der Waals surface area contributed by atoms with Gasteiger partial charge in [-0.1, -0.05) is 5.16 Å². The van der Waals surface area contributed by atoms with Crippen LogP contribution >= 0.6 is 0 Å². The van der Waals surface area contributed by atoms with Gasteiger partial charge in [0.1, 0.15) is 5.76 Å². The van der Waals surface area contributed by atoms with E-state index in [0.29, 0.717) is 6.54 Å². The molecule has 0 aliphatic heterocycles. The van der Waals surface area contributed by atoms with Crippen LogP contribution in [0.3, 0.4) is 0 Å². The van der Waals surface area contributed by atoms with Crippen molar-refractivity contribution in [2.45, 2.75) is 53.6 Å². The number of aryl methyl sites for hydroxylation is 2. The number of nitrogens with zero attached hydrogens (tertiary/aromatic N) is 1. The van der Waals surface area contributed by atoms with Gasteiger partial charge in [0.05, 0.1) is 11.1 Å². The van der Waals surface area contributed by atoms with E-state index < -0.39 is 16.9 Å². The first-order valence-electron chi connectivity index (χ1n) is 6.00. The Balaban J connectivity index is 2.83. The summed E-state index contributed by atoms with van der Waals surface area (Å²) in [6.07, 6.45) is 0. The molecule has 18 heavy (non-hydrogen) atoms. The molecule has 0 aromatic carbocycles. The summed E-state index contributed by atoms with van der Waals surface area (Å²) in [6, 6.07) is 0. The molecule has 2 N–H and O–H groups in total. The SMILES string of the molecule is Cc1noc(C)c1CNC(C)(C)C(C)(C)C(=O)O. The van der Waals surface area contributed by atoms with Gasteiger partial charge in [0.25, 0.3) is 0 Å². The lowest BCUT2D eigenvalue weighted by Crippen LogP contribution is -2.54. The minimum Gasteiger partial charge on any atom is -0.481 e. The molecule has 0 amide bonds.